The van der Waals surface area contributed by atoms with Crippen LogP contribution in [-0.4, -0.2) is 13.4 Å². The normalized spacial score (nSPS) is 12.3. The zero-order valence-corrected chi connectivity index (χ0v) is 9.21. The smallest absolute Gasteiger partial charge is 0.165 e. The fraction of sp³-hybridized carbons (Fsp3) is 0.417. The number of aldehydes is 1. The Balaban J connectivity index is 3.19. The van der Waals surface area contributed by atoms with Gasteiger partial charge >= 0.3 is 0 Å². The molecule has 1 unspecified atom stereocenters. The molecule has 3 heteroatoms. The predicted octanol–water partition coefficient (Wildman–Crippen LogP) is 2.84. The second-order valence-electron chi connectivity index (χ2n) is 3.67. The minimum absolute atomic E-state index is 0.0214. The molecule has 0 N–H and O–H groups in total. The minimum Gasteiger partial charge on any atom is -0.493 e. The third kappa shape index (κ3) is 2.55. The van der Waals surface area contributed by atoms with Gasteiger partial charge in [0, 0.05) is 12.0 Å². The van der Waals surface area contributed by atoms with Crippen LogP contribution < -0.4 is 4.74 Å². The van der Waals surface area contributed by atoms with Gasteiger partial charge in [-0.15, -0.1) is 0 Å². The van der Waals surface area contributed by atoms with Crippen molar-refractivity contribution < 1.29 is 13.9 Å². The molecule has 15 heavy (non-hydrogen) atoms. The molecule has 0 aliphatic heterocycles. The van der Waals surface area contributed by atoms with Crippen molar-refractivity contribution in [3.8, 4) is 5.75 Å². The molecule has 0 aliphatic rings. The van der Waals surface area contributed by atoms with Crippen molar-refractivity contribution in [3.63, 3.8) is 0 Å². The number of carbonyl (C=O) groups excluding carboxylic acids is 1. The number of rotatable bonds is 4. The summed E-state index contributed by atoms with van der Waals surface area (Å²) in [5, 5.41) is 0. The van der Waals surface area contributed by atoms with Crippen molar-refractivity contribution in [2.75, 3.05) is 7.11 Å². The molecule has 1 rings (SSSR count). The topological polar surface area (TPSA) is 26.3 Å². The van der Waals surface area contributed by atoms with Gasteiger partial charge in [-0.1, -0.05) is 13.0 Å². The molecule has 1 aromatic carbocycles. The van der Waals surface area contributed by atoms with Crippen molar-refractivity contribution in [3.05, 3.63) is 29.1 Å². The van der Waals surface area contributed by atoms with E-state index in [0.29, 0.717) is 6.42 Å². The lowest BCUT2D eigenvalue weighted by Crippen LogP contribution is -2.01. The molecule has 0 aromatic heterocycles. The summed E-state index contributed by atoms with van der Waals surface area (Å²) in [7, 11) is 1.44. The van der Waals surface area contributed by atoms with E-state index in [2.05, 4.69) is 0 Å². The lowest BCUT2D eigenvalue weighted by Gasteiger charge is -2.15. The van der Waals surface area contributed by atoms with Crippen LogP contribution in [0.25, 0.3) is 0 Å². The van der Waals surface area contributed by atoms with Crippen LogP contribution in [-0.2, 0) is 4.79 Å². The van der Waals surface area contributed by atoms with E-state index in [0.717, 1.165) is 17.4 Å². The van der Waals surface area contributed by atoms with Crippen LogP contribution in [0.3, 0.4) is 0 Å². The summed E-state index contributed by atoms with van der Waals surface area (Å²) in [6.07, 6.45) is 1.21. The van der Waals surface area contributed by atoms with Crippen LogP contribution in [0.4, 0.5) is 4.39 Å². The summed E-state index contributed by atoms with van der Waals surface area (Å²) in [6, 6.07) is 3.28. The highest BCUT2D eigenvalue weighted by molar-refractivity contribution is 5.53. The first-order valence-corrected chi connectivity index (χ1v) is 4.87. The zero-order chi connectivity index (χ0) is 11.4. The first kappa shape index (κ1) is 11.7. The van der Waals surface area contributed by atoms with Gasteiger partial charge in [0.25, 0.3) is 0 Å². The van der Waals surface area contributed by atoms with E-state index in [1.807, 2.05) is 19.9 Å². The fourth-order valence-corrected chi connectivity index (χ4v) is 1.61. The average molecular weight is 210 g/mol. The number of methoxy groups -OCH3 is 1. The van der Waals surface area contributed by atoms with Gasteiger partial charge in [-0.3, -0.25) is 0 Å². The third-order valence-electron chi connectivity index (χ3n) is 2.40. The third-order valence-corrected chi connectivity index (χ3v) is 2.40. The van der Waals surface area contributed by atoms with Crippen molar-refractivity contribution in [2.24, 2.45) is 0 Å². The first-order chi connectivity index (χ1) is 7.10. The van der Waals surface area contributed by atoms with Crippen molar-refractivity contribution in [1.82, 2.24) is 0 Å². The van der Waals surface area contributed by atoms with Crippen LogP contribution in [0.5, 0.6) is 5.75 Å². The molecule has 0 fully saturated rings. The van der Waals surface area contributed by atoms with E-state index in [1.165, 1.54) is 13.2 Å². The van der Waals surface area contributed by atoms with Crippen LogP contribution in [0.15, 0.2) is 12.1 Å². The van der Waals surface area contributed by atoms with Gasteiger partial charge in [-0.2, -0.15) is 0 Å². The predicted molar refractivity (Wildman–Crippen MR) is 56.8 cm³/mol. The molecule has 2 nitrogen and oxygen atoms in total. The summed E-state index contributed by atoms with van der Waals surface area (Å²) >= 11 is 0. The number of aryl methyl sites for hydroxylation is 1. The molecular weight excluding hydrogens is 195 g/mol. The zero-order valence-electron chi connectivity index (χ0n) is 9.21. The van der Waals surface area contributed by atoms with E-state index in [-0.39, 0.29) is 17.5 Å². The van der Waals surface area contributed by atoms with Crippen LogP contribution in [0, 0.1) is 12.7 Å². The molecule has 0 bridgehead atoms. The second kappa shape index (κ2) is 4.91. The van der Waals surface area contributed by atoms with Crippen molar-refractivity contribution >= 4 is 6.29 Å². The molecule has 0 heterocycles. The van der Waals surface area contributed by atoms with E-state index < -0.39 is 0 Å². The van der Waals surface area contributed by atoms with E-state index in [1.54, 1.807) is 0 Å². The van der Waals surface area contributed by atoms with Crippen molar-refractivity contribution in [2.45, 2.75) is 26.2 Å². The maximum absolute atomic E-state index is 13.5. The molecule has 0 saturated carbocycles. The molecule has 0 aliphatic carbocycles. The Labute approximate surface area is 89.1 Å². The maximum atomic E-state index is 13.5. The summed E-state index contributed by atoms with van der Waals surface area (Å²) in [6.45, 7) is 3.70. The Morgan fingerprint density at radius 1 is 1.53 bits per heavy atom. The number of carbonyl (C=O) groups is 1. The highest BCUT2D eigenvalue weighted by Crippen LogP contribution is 2.31. The van der Waals surface area contributed by atoms with Gasteiger partial charge in [0.15, 0.2) is 11.6 Å². The second-order valence-corrected chi connectivity index (χ2v) is 3.67. The highest BCUT2D eigenvalue weighted by Gasteiger charge is 2.15. The summed E-state index contributed by atoms with van der Waals surface area (Å²) in [5.74, 6) is -0.146. The van der Waals surface area contributed by atoms with Gasteiger partial charge in [0.1, 0.15) is 6.29 Å². The lowest BCUT2D eigenvalue weighted by atomic mass is 9.95. The number of halogens is 1. The van der Waals surface area contributed by atoms with E-state index in [9.17, 15) is 9.18 Å². The van der Waals surface area contributed by atoms with Gasteiger partial charge in [0.05, 0.1) is 7.11 Å². The van der Waals surface area contributed by atoms with Crippen LogP contribution in [0.1, 0.15) is 30.4 Å². The minimum atomic E-state index is -0.370. The largest absolute Gasteiger partial charge is 0.493 e. The van der Waals surface area contributed by atoms with Gasteiger partial charge < -0.3 is 9.53 Å². The number of hydrogen-bond donors (Lipinski definition) is 0. The SMILES string of the molecule is COc1c(F)cc(C)cc1C(C)CC=O. The Morgan fingerprint density at radius 3 is 2.73 bits per heavy atom. The number of hydrogen-bond acceptors (Lipinski definition) is 2. The van der Waals surface area contributed by atoms with E-state index in [4.69, 9.17) is 4.74 Å². The summed E-state index contributed by atoms with van der Waals surface area (Å²) in [4.78, 5) is 10.4. The molecule has 0 radical (unpaired) electrons. The molecular formula is C12H15FO2. The molecule has 0 saturated heterocycles. The van der Waals surface area contributed by atoms with Crippen molar-refractivity contribution in [1.29, 1.82) is 0 Å². The fourth-order valence-electron chi connectivity index (χ4n) is 1.61. The van der Waals surface area contributed by atoms with Gasteiger partial charge in [-0.25, -0.2) is 4.39 Å². The average Bonchev–Trinajstić information content (AvgIpc) is 2.17. The standard InChI is InChI=1S/C12H15FO2/c1-8-6-10(9(2)4-5-14)12(15-3)11(13)7-8/h5-7,9H,4H2,1-3H3. The maximum Gasteiger partial charge on any atom is 0.165 e. The van der Waals surface area contributed by atoms with Crippen LogP contribution >= 0.6 is 0 Å². The van der Waals surface area contributed by atoms with Gasteiger partial charge in [-0.05, 0) is 24.5 Å². The Hall–Kier alpha value is -1.38. The Kier molecular flexibility index (Phi) is 3.83. The summed E-state index contributed by atoms with van der Waals surface area (Å²) in [5.41, 5.74) is 1.59. The highest BCUT2D eigenvalue weighted by atomic mass is 19.1. The molecule has 82 valence electrons. The number of ether oxygens (including phenoxy) is 1. The summed E-state index contributed by atoms with van der Waals surface area (Å²) < 4.78 is 18.5. The molecule has 1 aromatic rings. The molecule has 1 atom stereocenters. The first-order valence-electron chi connectivity index (χ1n) is 4.87. The Bertz CT molecular complexity index is 361. The van der Waals surface area contributed by atoms with Gasteiger partial charge in [0.2, 0.25) is 0 Å². The quantitative estimate of drug-likeness (QED) is 0.714. The molecule has 0 spiro atoms. The van der Waals surface area contributed by atoms with Crippen LogP contribution in [0.2, 0.25) is 0 Å². The number of benzene rings is 1. The van der Waals surface area contributed by atoms with E-state index >= 15 is 0 Å². The monoisotopic (exact) mass is 210 g/mol. The molecule has 0 amide bonds. The lowest BCUT2D eigenvalue weighted by molar-refractivity contribution is -0.108. The Morgan fingerprint density at radius 2 is 2.20 bits per heavy atom.